The highest BCUT2D eigenvalue weighted by atomic mass is 79.9. The van der Waals surface area contributed by atoms with Gasteiger partial charge < -0.3 is 15.4 Å². The predicted molar refractivity (Wildman–Crippen MR) is 70.1 cm³/mol. The smallest absolute Gasteiger partial charge is 0.315 e. The van der Waals surface area contributed by atoms with Crippen molar-refractivity contribution in [3.05, 3.63) is 11.1 Å². The Hall–Kier alpha value is -0.550. The van der Waals surface area contributed by atoms with Crippen LogP contribution < -0.4 is 10.6 Å². The average Bonchev–Trinajstić information content (AvgIpc) is 3.10. The molecule has 2 rings (SSSR count). The Morgan fingerprint density at radius 3 is 2.82 bits per heavy atom. The Bertz CT molecular complexity index is 305. The van der Waals surface area contributed by atoms with Gasteiger partial charge in [-0.2, -0.15) is 0 Å². The summed E-state index contributed by atoms with van der Waals surface area (Å²) in [5.41, 5.74) is 0. The van der Waals surface area contributed by atoms with Gasteiger partial charge >= 0.3 is 6.03 Å². The Kier molecular flexibility index (Phi) is 4.45. The largest absolute Gasteiger partial charge is 0.378 e. The van der Waals surface area contributed by atoms with Crippen LogP contribution in [0.3, 0.4) is 0 Å². The van der Waals surface area contributed by atoms with Crippen LogP contribution in [0.1, 0.15) is 25.7 Å². The summed E-state index contributed by atoms with van der Waals surface area (Å²) in [4.78, 5) is 11.6. The van der Waals surface area contributed by atoms with Gasteiger partial charge in [-0.05, 0) is 31.6 Å². The summed E-state index contributed by atoms with van der Waals surface area (Å²) in [6.07, 6.45) is 4.79. The highest BCUT2D eigenvalue weighted by molar-refractivity contribution is 9.11. The molecule has 0 bridgehead atoms. The van der Waals surface area contributed by atoms with E-state index in [0.29, 0.717) is 12.6 Å². The van der Waals surface area contributed by atoms with Crippen LogP contribution in [0.15, 0.2) is 11.1 Å². The third kappa shape index (κ3) is 4.32. The number of hydrogen-bond donors (Lipinski definition) is 2. The monoisotopic (exact) mass is 302 g/mol. The van der Waals surface area contributed by atoms with Crippen molar-refractivity contribution in [1.29, 1.82) is 0 Å². The molecule has 5 heteroatoms. The van der Waals surface area contributed by atoms with Gasteiger partial charge in [0, 0.05) is 17.1 Å². The summed E-state index contributed by atoms with van der Waals surface area (Å²) >= 11 is 3.21. The number of carbonyl (C=O) groups is 1. The van der Waals surface area contributed by atoms with Crippen LogP contribution in [0, 0.1) is 5.92 Å². The van der Waals surface area contributed by atoms with E-state index in [0.717, 1.165) is 29.8 Å². The molecule has 2 aliphatic rings. The zero-order valence-corrected chi connectivity index (χ0v) is 11.5. The molecule has 17 heavy (non-hydrogen) atoms. The molecule has 2 atom stereocenters. The van der Waals surface area contributed by atoms with E-state index in [4.69, 9.17) is 4.74 Å². The lowest BCUT2D eigenvalue weighted by Crippen LogP contribution is -2.46. The second-order valence-electron chi connectivity index (χ2n) is 4.81. The number of rotatable bonds is 4. The van der Waals surface area contributed by atoms with Crippen molar-refractivity contribution >= 4 is 22.0 Å². The summed E-state index contributed by atoms with van der Waals surface area (Å²) in [5, 5.41) is 5.75. The highest BCUT2D eigenvalue weighted by Crippen LogP contribution is 2.38. The molecule has 0 aromatic carbocycles. The first kappa shape index (κ1) is 12.9. The van der Waals surface area contributed by atoms with Gasteiger partial charge in [0.1, 0.15) is 0 Å². The minimum absolute atomic E-state index is 0.118. The number of halogens is 1. The lowest BCUT2D eigenvalue weighted by atomic mass is 10.0. The number of amides is 2. The Morgan fingerprint density at radius 1 is 1.41 bits per heavy atom. The number of nitrogens with one attached hydrogen (secondary N) is 2. The van der Waals surface area contributed by atoms with E-state index >= 15 is 0 Å². The first-order valence-electron chi connectivity index (χ1n) is 6.14. The number of urea groups is 1. The minimum Gasteiger partial charge on any atom is -0.378 e. The second-order valence-corrected chi connectivity index (χ2v) is 5.93. The van der Waals surface area contributed by atoms with Gasteiger partial charge in [-0.3, -0.25) is 0 Å². The van der Waals surface area contributed by atoms with Gasteiger partial charge in [0.2, 0.25) is 0 Å². The fourth-order valence-electron chi connectivity index (χ4n) is 2.17. The Balaban J connectivity index is 1.70. The van der Waals surface area contributed by atoms with Crippen molar-refractivity contribution in [3.63, 3.8) is 0 Å². The van der Waals surface area contributed by atoms with E-state index < -0.39 is 0 Å². The average molecular weight is 303 g/mol. The summed E-state index contributed by atoms with van der Waals surface area (Å²) in [6.45, 7) is 4.89. The van der Waals surface area contributed by atoms with Crippen LogP contribution in [0.25, 0.3) is 0 Å². The molecule has 1 saturated carbocycles. The molecule has 0 spiro atoms. The molecule has 1 aliphatic carbocycles. The highest BCUT2D eigenvalue weighted by Gasteiger charge is 2.36. The van der Waals surface area contributed by atoms with Crippen molar-refractivity contribution in [3.8, 4) is 0 Å². The third-order valence-corrected chi connectivity index (χ3v) is 3.52. The molecule has 2 fully saturated rings. The van der Waals surface area contributed by atoms with Crippen molar-refractivity contribution < 1.29 is 9.53 Å². The van der Waals surface area contributed by atoms with Crippen molar-refractivity contribution in [2.24, 2.45) is 5.92 Å². The van der Waals surface area contributed by atoms with Crippen LogP contribution >= 0.6 is 15.9 Å². The maximum atomic E-state index is 11.6. The molecule has 2 N–H and O–H groups in total. The lowest BCUT2D eigenvalue weighted by Gasteiger charge is -2.30. The molecule has 96 valence electrons. The first-order chi connectivity index (χ1) is 8.15. The molecule has 2 amide bonds. The maximum absolute atomic E-state index is 11.6. The zero-order valence-electron chi connectivity index (χ0n) is 9.88. The van der Waals surface area contributed by atoms with Gasteiger partial charge in [-0.15, -0.1) is 0 Å². The number of ether oxygens (including phenoxy) is 1. The van der Waals surface area contributed by atoms with Crippen molar-refractivity contribution in [2.45, 2.75) is 37.8 Å². The molecular weight excluding hydrogens is 284 g/mol. The van der Waals surface area contributed by atoms with Crippen molar-refractivity contribution in [1.82, 2.24) is 10.6 Å². The van der Waals surface area contributed by atoms with Gasteiger partial charge in [-0.25, -0.2) is 4.79 Å². The zero-order chi connectivity index (χ0) is 12.3. The predicted octanol–water partition coefficient (Wildman–Crippen LogP) is 2.15. The normalized spacial score (nSPS) is 28.5. The van der Waals surface area contributed by atoms with E-state index in [-0.39, 0.29) is 12.1 Å². The molecule has 0 radical (unpaired) electrons. The molecule has 1 saturated heterocycles. The van der Waals surface area contributed by atoms with Crippen molar-refractivity contribution in [2.75, 3.05) is 13.2 Å². The van der Waals surface area contributed by atoms with E-state index in [1.165, 1.54) is 12.8 Å². The molecule has 4 nitrogen and oxygen atoms in total. The van der Waals surface area contributed by atoms with Crippen LogP contribution in [0.2, 0.25) is 0 Å². The van der Waals surface area contributed by atoms with E-state index in [1.54, 1.807) is 0 Å². The van der Waals surface area contributed by atoms with Gasteiger partial charge in [0.15, 0.2) is 0 Å². The standard InChI is InChI=1S/C12H19BrN2O2/c1-8(13)7-14-12(16)15-10-4-5-17-11(6-10)9-2-3-9/h9-11H,1-7H2,(H2,14,15,16)/t10-,11-/m1/s1. The van der Waals surface area contributed by atoms with Gasteiger partial charge in [-0.1, -0.05) is 22.5 Å². The summed E-state index contributed by atoms with van der Waals surface area (Å²) in [5.74, 6) is 0.741. The van der Waals surface area contributed by atoms with Crippen LogP contribution in [0.5, 0.6) is 0 Å². The Morgan fingerprint density at radius 2 is 2.18 bits per heavy atom. The maximum Gasteiger partial charge on any atom is 0.315 e. The van der Waals surface area contributed by atoms with Gasteiger partial charge in [0.25, 0.3) is 0 Å². The summed E-state index contributed by atoms with van der Waals surface area (Å²) < 4.78 is 6.49. The van der Waals surface area contributed by atoms with Gasteiger partial charge in [0.05, 0.1) is 12.6 Å². The molecule has 1 aliphatic heterocycles. The van der Waals surface area contributed by atoms with E-state index in [2.05, 4.69) is 33.1 Å². The molecule has 0 aromatic rings. The Labute approximate surface area is 110 Å². The molecule has 0 unspecified atom stereocenters. The first-order valence-corrected chi connectivity index (χ1v) is 6.93. The number of hydrogen-bond acceptors (Lipinski definition) is 2. The fourth-order valence-corrected chi connectivity index (χ4v) is 2.31. The minimum atomic E-state index is -0.118. The second kappa shape index (κ2) is 5.87. The molecular formula is C12H19BrN2O2. The summed E-state index contributed by atoms with van der Waals surface area (Å²) in [6, 6.07) is 0.130. The lowest BCUT2D eigenvalue weighted by molar-refractivity contribution is -0.00912. The quantitative estimate of drug-likeness (QED) is 0.836. The third-order valence-electron chi connectivity index (χ3n) is 3.24. The topological polar surface area (TPSA) is 50.4 Å². The number of carbonyl (C=O) groups excluding carboxylic acids is 1. The SMILES string of the molecule is C=C(Br)CNC(=O)N[C@@H]1CCO[C@@H](C2CC2)C1. The fraction of sp³-hybridized carbons (Fsp3) is 0.750. The van der Waals surface area contributed by atoms with Crippen LogP contribution in [-0.4, -0.2) is 31.3 Å². The van der Waals surface area contributed by atoms with E-state index in [9.17, 15) is 4.79 Å². The molecule has 1 heterocycles. The van der Waals surface area contributed by atoms with Crippen LogP contribution in [0.4, 0.5) is 4.79 Å². The van der Waals surface area contributed by atoms with Crippen LogP contribution in [-0.2, 0) is 4.74 Å². The molecule has 0 aromatic heterocycles. The summed E-state index contributed by atoms with van der Waals surface area (Å²) in [7, 11) is 0. The van der Waals surface area contributed by atoms with E-state index in [1.807, 2.05) is 0 Å².